The van der Waals surface area contributed by atoms with Gasteiger partial charge < -0.3 is 10.6 Å². The minimum atomic E-state index is -0.281. The molecule has 4 nitrogen and oxygen atoms in total. The van der Waals surface area contributed by atoms with E-state index in [4.69, 9.17) is 0 Å². The summed E-state index contributed by atoms with van der Waals surface area (Å²) in [7, 11) is 0. The minimum absolute atomic E-state index is 0.281. The molecule has 0 unspecified atom stereocenters. The quantitative estimate of drug-likeness (QED) is 0.662. The third-order valence-corrected chi connectivity index (χ3v) is 4.05. The van der Waals surface area contributed by atoms with Crippen LogP contribution >= 0.6 is 15.9 Å². The van der Waals surface area contributed by atoms with Crippen molar-refractivity contribution in [3.05, 3.63) is 70.6 Å². The maximum absolute atomic E-state index is 12.9. The van der Waals surface area contributed by atoms with Gasteiger partial charge in [0.1, 0.15) is 11.6 Å². The maximum atomic E-state index is 12.9. The highest BCUT2D eigenvalue weighted by Crippen LogP contribution is 2.23. The van der Waals surface area contributed by atoms with E-state index in [0.29, 0.717) is 11.8 Å². The van der Waals surface area contributed by atoms with E-state index in [2.05, 4.69) is 36.5 Å². The van der Waals surface area contributed by atoms with E-state index in [-0.39, 0.29) is 5.82 Å². The van der Waals surface area contributed by atoms with E-state index in [0.717, 1.165) is 21.4 Å². The van der Waals surface area contributed by atoms with Crippen molar-refractivity contribution in [2.75, 3.05) is 10.6 Å². The van der Waals surface area contributed by atoms with E-state index < -0.39 is 0 Å². The molecule has 0 aliphatic rings. The molecule has 3 rings (SSSR count). The van der Waals surface area contributed by atoms with Crippen molar-refractivity contribution in [2.45, 2.75) is 6.92 Å². The van der Waals surface area contributed by atoms with E-state index in [9.17, 15) is 4.39 Å². The SMILES string of the molecule is Cc1ccc(Nc2ccnc(Nc3ccc(F)cc3)n2)cc1Br. The normalized spacial score (nSPS) is 10.4. The van der Waals surface area contributed by atoms with Crippen LogP contribution in [0.1, 0.15) is 5.56 Å². The molecule has 0 bridgehead atoms. The number of benzene rings is 2. The first-order valence-electron chi connectivity index (χ1n) is 6.99. The lowest BCUT2D eigenvalue weighted by Crippen LogP contribution is -2.00. The molecule has 1 heterocycles. The molecule has 0 saturated carbocycles. The van der Waals surface area contributed by atoms with Crippen LogP contribution < -0.4 is 10.6 Å². The van der Waals surface area contributed by atoms with Gasteiger partial charge in [-0.1, -0.05) is 22.0 Å². The molecule has 0 aliphatic carbocycles. The Morgan fingerprint density at radius 2 is 1.70 bits per heavy atom. The summed E-state index contributed by atoms with van der Waals surface area (Å²) in [5, 5.41) is 6.27. The van der Waals surface area contributed by atoms with Gasteiger partial charge in [-0.2, -0.15) is 4.98 Å². The molecule has 23 heavy (non-hydrogen) atoms. The highest BCUT2D eigenvalue weighted by atomic mass is 79.9. The molecule has 3 aromatic rings. The number of aromatic nitrogens is 2. The zero-order valence-corrected chi connectivity index (χ0v) is 13.9. The summed E-state index contributed by atoms with van der Waals surface area (Å²) < 4.78 is 13.9. The van der Waals surface area contributed by atoms with Gasteiger partial charge >= 0.3 is 0 Å². The van der Waals surface area contributed by atoms with E-state index in [1.807, 2.05) is 25.1 Å². The Morgan fingerprint density at radius 3 is 2.43 bits per heavy atom. The molecule has 0 saturated heterocycles. The average molecular weight is 373 g/mol. The van der Waals surface area contributed by atoms with Gasteiger partial charge in [0.2, 0.25) is 5.95 Å². The Kier molecular flexibility index (Phi) is 4.52. The third kappa shape index (κ3) is 4.04. The van der Waals surface area contributed by atoms with Gasteiger partial charge in [0.25, 0.3) is 0 Å². The lowest BCUT2D eigenvalue weighted by atomic mass is 10.2. The zero-order valence-electron chi connectivity index (χ0n) is 12.3. The minimum Gasteiger partial charge on any atom is -0.340 e. The number of rotatable bonds is 4. The summed E-state index contributed by atoms with van der Waals surface area (Å²) in [4.78, 5) is 8.56. The van der Waals surface area contributed by atoms with Crippen molar-refractivity contribution in [3.63, 3.8) is 0 Å². The van der Waals surface area contributed by atoms with Gasteiger partial charge in [-0.05, 0) is 55.0 Å². The van der Waals surface area contributed by atoms with Crippen LogP contribution in [0.4, 0.5) is 27.5 Å². The highest BCUT2D eigenvalue weighted by Gasteiger charge is 2.03. The van der Waals surface area contributed by atoms with Crippen LogP contribution in [0, 0.1) is 12.7 Å². The Balaban J connectivity index is 1.76. The van der Waals surface area contributed by atoms with Gasteiger partial charge in [0, 0.05) is 22.0 Å². The van der Waals surface area contributed by atoms with Crippen molar-refractivity contribution in [2.24, 2.45) is 0 Å². The summed E-state index contributed by atoms with van der Waals surface area (Å²) in [5.41, 5.74) is 2.81. The number of hydrogen-bond donors (Lipinski definition) is 2. The van der Waals surface area contributed by atoms with Gasteiger partial charge in [0.15, 0.2) is 0 Å². The van der Waals surface area contributed by atoms with Crippen molar-refractivity contribution in [1.29, 1.82) is 0 Å². The Hall–Kier alpha value is -2.47. The molecule has 0 fully saturated rings. The molecule has 0 spiro atoms. The predicted octanol–water partition coefficient (Wildman–Crippen LogP) is 5.17. The summed E-state index contributed by atoms with van der Waals surface area (Å²) in [6.07, 6.45) is 1.66. The zero-order chi connectivity index (χ0) is 16.2. The summed E-state index contributed by atoms with van der Waals surface area (Å²) >= 11 is 3.51. The number of hydrogen-bond acceptors (Lipinski definition) is 4. The molecule has 1 aromatic heterocycles. The lowest BCUT2D eigenvalue weighted by Gasteiger charge is -2.09. The molecule has 0 radical (unpaired) electrons. The van der Waals surface area contributed by atoms with Crippen molar-refractivity contribution < 1.29 is 4.39 Å². The van der Waals surface area contributed by atoms with Crippen LogP contribution in [-0.2, 0) is 0 Å². The van der Waals surface area contributed by atoms with Crippen molar-refractivity contribution in [3.8, 4) is 0 Å². The van der Waals surface area contributed by atoms with Gasteiger partial charge in [0.05, 0.1) is 0 Å². The number of nitrogens with zero attached hydrogens (tertiary/aromatic N) is 2. The van der Waals surface area contributed by atoms with Crippen molar-refractivity contribution in [1.82, 2.24) is 9.97 Å². The smallest absolute Gasteiger partial charge is 0.229 e. The Bertz CT molecular complexity index is 821. The number of nitrogens with one attached hydrogen (secondary N) is 2. The number of anilines is 4. The summed E-state index contributed by atoms with van der Waals surface area (Å²) in [6, 6.07) is 13.8. The second-order valence-corrected chi connectivity index (χ2v) is 5.84. The van der Waals surface area contributed by atoms with Gasteiger partial charge in [-0.25, -0.2) is 9.37 Å². The molecular formula is C17H14BrFN4. The van der Waals surface area contributed by atoms with Crippen molar-refractivity contribution >= 4 is 39.1 Å². The first-order valence-corrected chi connectivity index (χ1v) is 7.78. The molecular weight excluding hydrogens is 359 g/mol. The Morgan fingerprint density at radius 1 is 0.957 bits per heavy atom. The fourth-order valence-corrected chi connectivity index (χ4v) is 2.35. The first kappa shape index (κ1) is 15.4. The van der Waals surface area contributed by atoms with Crippen LogP contribution in [0.5, 0.6) is 0 Å². The maximum Gasteiger partial charge on any atom is 0.229 e. The number of halogens is 2. The standard InChI is InChI=1S/C17H14BrFN4/c1-11-2-5-14(10-15(11)18)21-16-8-9-20-17(23-16)22-13-6-3-12(19)4-7-13/h2-10H,1H3,(H2,20,21,22,23). The first-order chi connectivity index (χ1) is 11.1. The lowest BCUT2D eigenvalue weighted by molar-refractivity contribution is 0.628. The van der Waals surface area contributed by atoms with Crippen LogP contribution in [0.25, 0.3) is 0 Å². The average Bonchev–Trinajstić information content (AvgIpc) is 2.54. The highest BCUT2D eigenvalue weighted by molar-refractivity contribution is 9.10. The van der Waals surface area contributed by atoms with E-state index in [1.165, 1.54) is 12.1 Å². The number of aryl methyl sites for hydroxylation is 1. The molecule has 0 amide bonds. The van der Waals surface area contributed by atoms with Crippen LogP contribution in [0.3, 0.4) is 0 Å². The van der Waals surface area contributed by atoms with E-state index in [1.54, 1.807) is 24.4 Å². The third-order valence-electron chi connectivity index (χ3n) is 3.20. The monoisotopic (exact) mass is 372 g/mol. The topological polar surface area (TPSA) is 49.8 Å². The predicted molar refractivity (Wildman–Crippen MR) is 93.9 cm³/mol. The summed E-state index contributed by atoms with van der Waals surface area (Å²) in [6.45, 7) is 2.03. The van der Waals surface area contributed by atoms with E-state index >= 15 is 0 Å². The molecule has 2 N–H and O–H groups in total. The second kappa shape index (κ2) is 6.75. The Labute approximate surface area is 141 Å². The second-order valence-electron chi connectivity index (χ2n) is 4.99. The molecule has 6 heteroatoms. The van der Waals surface area contributed by atoms with Crippen LogP contribution in [0.2, 0.25) is 0 Å². The fraction of sp³-hybridized carbons (Fsp3) is 0.0588. The molecule has 116 valence electrons. The van der Waals surface area contributed by atoms with Gasteiger partial charge in [-0.15, -0.1) is 0 Å². The largest absolute Gasteiger partial charge is 0.340 e. The molecule has 0 atom stereocenters. The fourth-order valence-electron chi connectivity index (χ4n) is 1.97. The molecule has 0 aliphatic heterocycles. The van der Waals surface area contributed by atoms with Gasteiger partial charge in [-0.3, -0.25) is 0 Å². The van der Waals surface area contributed by atoms with Crippen LogP contribution in [0.15, 0.2) is 59.2 Å². The van der Waals surface area contributed by atoms with Crippen LogP contribution in [-0.4, -0.2) is 9.97 Å². The molecule has 2 aromatic carbocycles. The summed E-state index contributed by atoms with van der Waals surface area (Å²) in [5.74, 6) is 0.824.